The van der Waals surface area contributed by atoms with Gasteiger partial charge in [-0.1, -0.05) is 11.6 Å². The number of hydrogen-bond donors (Lipinski definition) is 1. The Hall–Kier alpha value is -1.10. The molecule has 1 heterocycles. The van der Waals surface area contributed by atoms with Crippen LogP contribution in [0.4, 0.5) is 0 Å². The molecular weight excluding hydrogens is 282 g/mol. The van der Waals surface area contributed by atoms with Gasteiger partial charge in [0.25, 0.3) is 0 Å². The number of rotatable bonds is 4. The molecular formula is C14H16ClNO2S. The van der Waals surface area contributed by atoms with Crippen molar-refractivity contribution in [3.05, 3.63) is 44.4 Å². The van der Waals surface area contributed by atoms with Crippen molar-refractivity contribution in [2.75, 3.05) is 7.11 Å². The number of halogens is 1. The van der Waals surface area contributed by atoms with E-state index in [0.29, 0.717) is 11.4 Å². The lowest BCUT2D eigenvalue weighted by Crippen LogP contribution is -2.03. The minimum atomic E-state index is -0.585. The van der Waals surface area contributed by atoms with E-state index in [1.807, 2.05) is 26.0 Å². The van der Waals surface area contributed by atoms with Gasteiger partial charge in [-0.15, -0.1) is 11.3 Å². The summed E-state index contributed by atoms with van der Waals surface area (Å²) < 4.78 is 5.29. The molecule has 0 saturated heterocycles. The summed E-state index contributed by atoms with van der Waals surface area (Å²) in [6, 6.07) is 5.42. The minimum Gasteiger partial charge on any atom is -0.496 e. The van der Waals surface area contributed by atoms with Crippen molar-refractivity contribution in [2.24, 2.45) is 0 Å². The number of thiazole rings is 1. The minimum absolute atomic E-state index is 0.464. The van der Waals surface area contributed by atoms with Crippen LogP contribution in [0.25, 0.3) is 0 Å². The van der Waals surface area contributed by atoms with Crippen LogP contribution in [0.1, 0.15) is 27.2 Å². The van der Waals surface area contributed by atoms with E-state index in [9.17, 15) is 5.11 Å². The summed E-state index contributed by atoms with van der Waals surface area (Å²) >= 11 is 7.52. The van der Waals surface area contributed by atoms with Gasteiger partial charge in [0.15, 0.2) is 0 Å². The van der Waals surface area contributed by atoms with Gasteiger partial charge in [-0.2, -0.15) is 0 Å². The van der Waals surface area contributed by atoms with Crippen LogP contribution < -0.4 is 4.74 Å². The Morgan fingerprint density at radius 3 is 2.74 bits per heavy atom. The zero-order valence-electron chi connectivity index (χ0n) is 11.1. The molecule has 1 atom stereocenters. The third-order valence-corrected chi connectivity index (χ3v) is 4.31. The van der Waals surface area contributed by atoms with Crippen molar-refractivity contribution < 1.29 is 9.84 Å². The molecule has 0 radical (unpaired) electrons. The second kappa shape index (κ2) is 5.90. The number of benzene rings is 1. The zero-order valence-corrected chi connectivity index (χ0v) is 12.7. The van der Waals surface area contributed by atoms with Gasteiger partial charge in [-0.05, 0) is 37.6 Å². The first-order valence-electron chi connectivity index (χ1n) is 5.95. The number of methoxy groups -OCH3 is 1. The van der Waals surface area contributed by atoms with Crippen molar-refractivity contribution >= 4 is 22.9 Å². The highest BCUT2D eigenvalue weighted by Crippen LogP contribution is 2.31. The van der Waals surface area contributed by atoms with Crippen molar-refractivity contribution in [1.82, 2.24) is 4.98 Å². The lowest BCUT2D eigenvalue weighted by atomic mass is 10.1. The second-order valence-electron chi connectivity index (χ2n) is 4.36. The zero-order chi connectivity index (χ0) is 14.0. The average Bonchev–Trinajstić information content (AvgIpc) is 2.69. The average molecular weight is 298 g/mol. The molecule has 3 nitrogen and oxygen atoms in total. The molecule has 1 unspecified atom stereocenters. The molecule has 2 aromatic rings. The van der Waals surface area contributed by atoms with Crippen LogP contribution in [0.5, 0.6) is 5.75 Å². The molecule has 0 spiro atoms. The molecule has 2 rings (SSSR count). The SMILES string of the molecule is COc1ccc(Cl)cc1CC(O)c1sc(C)nc1C. The molecule has 1 aromatic heterocycles. The second-order valence-corrected chi connectivity index (χ2v) is 6.03. The number of aliphatic hydroxyl groups is 1. The topological polar surface area (TPSA) is 42.4 Å². The Balaban J connectivity index is 2.25. The van der Waals surface area contributed by atoms with Crippen molar-refractivity contribution in [3.8, 4) is 5.75 Å². The van der Waals surface area contributed by atoms with E-state index in [2.05, 4.69) is 4.98 Å². The molecule has 102 valence electrons. The van der Waals surface area contributed by atoms with Gasteiger partial charge >= 0.3 is 0 Å². The maximum absolute atomic E-state index is 10.4. The van der Waals surface area contributed by atoms with Crippen LogP contribution in [-0.4, -0.2) is 17.2 Å². The van der Waals surface area contributed by atoms with Gasteiger partial charge in [0.1, 0.15) is 5.75 Å². The van der Waals surface area contributed by atoms with E-state index in [1.54, 1.807) is 13.2 Å². The summed E-state index contributed by atoms with van der Waals surface area (Å²) in [7, 11) is 1.61. The smallest absolute Gasteiger partial charge is 0.122 e. The maximum Gasteiger partial charge on any atom is 0.122 e. The Kier molecular flexibility index (Phi) is 4.45. The van der Waals surface area contributed by atoms with Crippen LogP contribution in [0, 0.1) is 13.8 Å². The fourth-order valence-electron chi connectivity index (χ4n) is 2.06. The Morgan fingerprint density at radius 1 is 1.42 bits per heavy atom. The normalized spacial score (nSPS) is 12.5. The van der Waals surface area contributed by atoms with Gasteiger partial charge in [0, 0.05) is 11.4 Å². The molecule has 1 N–H and O–H groups in total. The van der Waals surface area contributed by atoms with Gasteiger partial charge < -0.3 is 9.84 Å². The van der Waals surface area contributed by atoms with E-state index >= 15 is 0 Å². The van der Waals surface area contributed by atoms with Gasteiger partial charge in [-0.25, -0.2) is 4.98 Å². The summed E-state index contributed by atoms with van der Waals surface area (Å²) in [6.07, 6.45) is -0.120. The monoisotopic (exact) mass is 297 g/mol. The highest BCUT2D eigenvalue weighted by atomic mass is 35.5. The lowest BCUT2D eigenvalue weighted by molar-refractivity contribution is 0.180. The summed E-state index contributed by atoms with van der Waals surface area (Å²) in [5.74, 6) is 0.738. The molecule has 0 aliphatic carbocycles. The standard InChI is InChI=1S/C14H16ClNO2S/c1-8-14(19-9(2)16-8)12(17)7-10-6-11(15)4-5-13(10)18-3/h4-6,12,17H,7H2,1-3H3. The van der Waals surface area contributed by atoms with Crippen LogP contribution in [0.15, 0.2) is 18.2 Å². The van der Waals surface area contributed by atoms with Crippen LogP contribution >= 0.6 is 22.9 Å². The van der Waals surface area contributed by atoms with Crippen molar-refractivity contribution in [1.29, 1.82) is 0 Å². The molecule has 5 heteroatoms. The van der Waals surface area contributed by atoms with Crippen LogP contribution in [-0.2, 0) is 6.42 Å². The summed E-state index contributed by atoms with van der Waals surface area (Å²) in [5, 5.41) is 12.0. The summed E-state index contributed by atoms with van der Waals surface area (Å²) in [5.41, 5.74) is 1.78. The molecule has 0 bridgehead atoms. The lowest BCUT2D eigenvalue weighted by Gasteiger charge is -2.13. The molecule has 0 saturated carbocycles. The molecule has 0 fully saturated rings. The number of aromatic nitrogens is 1. The van der Waals surface area contributed by atoms with Crippen LogP contribution in [0.3, 0.4) is 0 Å². The van der Waals surface area contributed by atoms with Crippen molar-refractivity contribution in [3.63, 3.8) is 0 Å². The Bertz CT molecular complexity index is 583. The molecule has 1 aromatic carbocycles. The number of nitrogens with zero attached hydrogens (tertiary/aromatic N) is 1. The molecule has 0 aliphatic rings. The van der Waals surface area contributed by atoms with E-state index in [1.165, 1.54) is 11.3 Å². The number of hydrogen-bond acceptors (Lipinski definition) is 4. The van der Waals surface area contributed by atoms with Gasteiger partial charge in [-0.3, -0.25) is 0 Å². The largest absolute Gasteiger partial charge is 0.496 e. The fourth-order valence-corrected chi connectivity index (χ4v) is 3.17. The quantitative estimate of drug-likeness (QED) is 0.935. The van der Waals surface area contributed by atoms with E-state index in [-0.39, 0.29) is 0 Å². The molecule has 0 aliphatic heterocycles. The van der Waals surface area contributed by atoms with E-state index in [4.69, 9.17) is 16.3 Å². The van der Waals surface area contributed by atoms with Crippen LogP contribution in [0.2, 0.25) is 5.02 Å². The Morgan fingerprint density at radius 2 is 2.16 bits per heavy atom. The summed E-state index contributed by atoms with van der Waals surface area (Å²) in [4.78, 5) is 5.24. The first kappa shape index (κ1) is 14.3. The third-order valence-electron chi connectivity index (χ3n) is 2.90. The van der Waals surface area contributed by atoms with Gasteiger partial charge in [0.05, 0.1) is 28.8 Å². The first-order valence-corrected chi connectivity index (χ1v) is 7.15. The predicted octanol–water partition coefficient (Wildman–Crippen LogP) is 3.70. The fraction of sp³-hybridized carbons (Fsp3) is 0.357. The van der Waals surface area contributed by atoms with Gasteiger partial charge in [0.2, 0.25) is 0 Å². The van der Waals surface area contributed by atoms with E-state index in [0.717, 1.165) is 26.9 Å². The molecule has 0 amide bonds. The molecule has 19 heavy (non-hydrogen) atoms. The first-order chi connectivity index (χ1) is 9.01. The third kappa shape index (κ3) is 3.26. The number of ether oxygens (including phenoxy) is 1. The summed E-state index contributed by atoms with van der Waals surface area (Å²) in [6.45, 7) is 3.85. The highest BCUT2D eigenvalue weighted by Gasteiger charge is 2.17. The highest BCUT2D eigenvalue weighted by molar-refractivity contribution is 7.11. The maximum atomic E-state index is 10.4. The Labute approximate surface area is 121 Å². The van der Waals surface area contributed by atoms with E-state index < -0.39 is 6.10 Å². The van der Waals surface area contributed by atoms with Crippen molar-refractivity contribution in [2.45, 2.75) is 26.4 Å². The predicted molar refractivity (Wildman–Crippen MR) is 78.3 cm³/mol. The number of aliphatic hydroxyl groups excluding tert-OH is 1. The number of aryl methyl sites for hydroxylation is 2.